The third kappa shape index (κ3) is 5.95. The van der Waals surface area contributed by atoms with Crippen molar-refractivity contribution in [3.8, 4) is 11.5 Å². The van der Waals surface area contributed by atoms with Gasteiger partial charge in [0.25, 0.3) is 0 Å². The molecule has 1 aliphatic rings. The van der Waals surface area contributed by atoms with Crippen molar-refractivity contribution in [2.45, 2.75) is 18.2 Å². The Morgan fingerprint density at radius 2 is 1.66 bits per heavy atom. The summed E-state index contributed by atoms with van der Waals surface area (Å²) in [4.78, 5) is 17.3. The first-order chi connectivity index (χ1) is 15.5. The highest BCUT2D eigenvalue weighted by Gasteiger charge is 2.27. The van der Waals surface area contributed by atoms with Gasteiger partial charge in [0.05, 0.1) is 26.3 Å². The number of rotatable bonds is 6. The van der Waals surface area contributed by atoms with Crippen LogP contribution in [0.25, 0.3) is 6.08 Å². The molecule has 2 aromatic carbocycles. The number of nitrogens with zero attached hydrogens (tertiary/aromatic N) is 1. The molecule has 1 N–H and O–H groups in total. The topological polar surface area (TPSA) is 87.1 Å². The molecule has 0 spiro atoms. The Hall–Kier alpha value is -3.17. The molecule has 3 aromatic rings. The zero-order valence-corrected chi connectivity index (χ0v) is 18.7. The van der Waals surface area contributed by atoms with E-state index in [2.05, 4.69) is 14.4 Å². The van der Waals surface area contributed by atoms with Gasteiger partial charge in [0, 0.05) is 34.8 Å². The van der Waals surface area contributed by atoms with Crippen LogP contribution in [0.3, 0.4) is 0 Å². The van der Waals surface area contributed by atoms with Crippen LogP contribution in [0.2, 0.25) is 0 Å². The lowest BCUT2D eigenvalue weighted by molar-refractivity contribution is -0.432. The highest BCUT2D eigenvalue weighted by molar-refractivity contribution is 7.94. The van der Waals surface area contributed by atoms with E-state index in [1.165, 1.54) is 5.56 Å². The van der Waals surface area contributed by atoms with Crippen molar-refractivity contribution in [2.24, 2.45) is 0 Å². The first-order valence-electron chi connectivity index (χ1n) is 9.67. The van der Waals surface area contributed by atoms with E-state index in [4.69, 9.17) is 14.7 Å². The van der Waals surface area contributed by atoms with Crippen LogP contribution in [0.15, 0.2) is 71.4 Å². The number of Topliss-reactive ketones (excluding diaryl/α,β-unsaturated/α-hetero) is 1. The fourth-order valence-electron chi connectivity index (χ4n) is 3.16. The number of hydrogen-bond donors (Lipinski definition) is 1. The van der Waals surface area contributed by atoms with Gasteiger partial charge in [-0.3, -0.25) is 9.78 Å². The van der Waals surface area contributed by atoms with Crippen molar-refractivity contribution in [3.05, 3.63) is 88.8 Å². The first-order valence-corrected chi connectivity index (χ1v) is 10.4. The zero-order chi connectivity index (χ0) is 22.9. The number of benzene rings is 2. The van der Waals surface area contributed by atoms with Crippen LogP contribution in [0, 0.1) is 6.92 Å². The Labute approximate surface area is 190 Å². The molecule has 0 bridgehead atoms. The van der Waals surface area contributed by atoms with Crippen molar-refractivity contribution in [1.82, 2.24) is 4.98 Å². The Kier molecular flexibility index (Phi) is 8.41. The van der Waals surface area contributed by atoms with E-state index in [-0.39, 0.29) is 5.78 Å². The second kappa shape index (κ2) is 11.4. The Bertz CT molecular complexity index is 1080. The third-order valence-corrected chi connectivity index (χ3v) is 5.35. The lowest BCUT2D eigenvalue weighted by atomic mass is 10.1. The Morgan fingerprint density at radius 1 is 1.00 bits per heavy atom. The maximum Gasteiger partial charge on any atom is 0.189 e. The number of methoxy groups -OCH3 is 2. The minimum absolute atomic E-state index is 0.0442. The van der Waals surface area contributed by atoms with Gasteiger partial charge in [0.15, 0.2) is 17.3 Å². The van der Waals surface area contributed by atoms with Crippen molar-refractivity contribution in [2.75, 3.05) is 14.2 Å². The molecule has 0 radical (unpaired) electrons. The lowest BCUT2D eigenvalue weighted by Crippen LogP contribution is -1.97. The van der Waals surface area contributed by atoms with Gasteiger partial charge in [0.1, 0.15) is 0 Å². The number of aryl methyl sites for hydroxylation is 1. The number of allylic oxidation sites excluding steroid dienone is 1. The molecular formula is C24H23NO6S. The summed E-state index contributed by atoms with van der Waals surface area (Å²) in [6.07, 6.45) is 5.94. The maximum atomic E-state index is 12.5. The van der Waals surface area contributed by atoms with E-state index in [1.54, 1.807) is 32.7 Å². The predicted molar refractivity (Wildman–Crippen MR) is 122 cm³/mol. The van der Waals surface area contributed by atoms with Crippen LogP contribution in [-0.2, 0) is 15.8 Å². The molecule has 1 heterocycles. The summed E-state index contributed by atoms with van der Waals surface area (Å²) >= 11 is 0.957. The quantitative estimate of drug-likeness (QED) is 0.231. The van der Waals surface area contributed by atoms with E-state index in [1.807, 2.05) is 55.5 Å². The summed E-state index contributed by atoms with van der Waals surface area (Å²) in [7, 11) is 3.16. The lowest BCUT2D eigenvalue weighted by Gasteiger charge is -2.08. The van der Waals surface area contributed by atoms with E-state index >= 15 is 0 Å². The SMILES string of the molecule is COc1cc2c(cc1OC)C(=O)/C(=C/c1ccncc1)C2.Cc1ccc(SOOO)cc1. The maximum absolute atomic E-state index is 12.5. The van der Waals surface area contributed by atoms with Crippen molar-refractivity contribution in [1.29, 1.82) is 0 Å². The van der Waals surface area contributed by atoms with Gasteiger partial charge in [-0.05, 0) is 60.5 Å². The summed E-state index contributed by atoms with van der Waals surface area (Å²) in [5.74, 6) is 1.27. The summed E-state index contributed by atoms with van der Waals surface area (Å²) < 4.78 is 14.8. The van der Waals surface area contributed by atoms with Crippen molar-refractivity contribution >= 4 is 23.9 Å². The molecular weight excluding hydrogens is 430 g/mol. The molecule has 0 saturated carbocycles. The molecule has 1 aliphatic carbocycles. The number of aromatic nitrogens is 1. The highest BCUT2D eigenvalue weighted by Crippen LogP contribution is 2.36. The molecule has 7 nitrogen and oxygen atoms in total. The number of carbonyl (C=O) groups is 1. The van der Waals surface area contributed by atoms with Crippen LogP contribution in [-0.4, -0.2) is 30.2 Å². The van der Waals surface area contributed by atoms with E-state index < -0.39 is 0 Å². The standard InChI is InChI=1S/C17H15NO3.C7H8O3S/c1-20-15-9-12-8-13(7-11-3-5-18-6-4-11)17(19)14(12)10-16(15)21-2;1-6-2-4-7(5-3-6)11-10-9-8/h3-7,9-10H,8H2,1-2H3;2-5,8H,1H3/b13-7+;. The van der Waals surface area contributed by atoms with Crippen LogP contribution in [0.4, 0.5) is 0 Å². The van der Waals surface area contributed by atoms with Gasteiger partial charge in [-0.15, -0.1) is 4.33 Å². The number of carbonyl (C=O) groups excluding carboxylic acids is 1. The molecule has 0 amide bonds. The van der Waals surface area contributed by atoms with Crippen molar-refractivity contribution < 1.29 is 28.9 Å². The number of ketones is 1. The average Bonchev–Trinajstić information content (AvgIpc) is 3.13. The van der Waals surface area contributed by atoms with E-state index in [9.17, 15) is 4.79 Å². The second-order valence-electron chi connectivity index (χ2n) is 6.86. The molecule has 0 unspecified atom stereocenters. The van der Waals surface area contributed by atoms with Gasteiger partial charge in [-0.25, -0.2) is 5.26 Å². The van der Waals surface area contributed by atoms with Crippen LogP contribution in [0.5, 0.6) is 11.5 Å². The third-order valence-electron chi connectivity index (χ3n) is 4.76. The summed E-state index contributed by atoms with van der Waals surface area (Å²) in [5.41, 5.74) is 4.58. The van der Waals surface area contributed by atoms with Gasteiger partial charge < -0.3 is 9.47 Å². The molecule has 166 valence electrons. The smallest absolute Gasteiger partial charge is 0.189 e. The average molecular weight is 454 g/mol. The molecule has 0 atom stereocenters. The number of ether oxygens (including phenoxy) is 2. The Morgan fingerprint density at radius 3 is 2.28 bits per heavy atom. The van der Waals surface area contributed by atoms with E-state index in [0.29, 0.717) is 23.5 Å². The monoisotopic (exact) mass is 453 g/mol. The molecule has 1 aromatic heterocycles. The van der Waals surface area contributed by atoms with Crippen LogP contribution in [0.1, 0.15) is 27.0 Å². The van der Waals surface area contributed by atoms with Gasteiger partial charge >= 0.3 is 0 Å². The summed E-state index contributed by atoms with van der Waals surface area (Å²) in [6, 6.07) is 15.0. The molecule has 0 saturated heterocycles. The normalized spacial score (nSPS) is 13.4. The molecule has 0 aliphatic heterocycles. The van der Waals surface area contributed by atoms with Crippen molar-refractivity contribution in [3.63, 3.8) is 0 Å². The Balaban J connectivity index is 0.000000222. The summed E-state index contributed by atoms with van der Waals surface area (Å²) in [6.45, 7) is 2.00. The summed E-state index contributed by atoms with van der Waals surface area (Å²) in [5, 5.41) is 11.3. The fourth-order valence-corrected chi connectivity index (χ4v) is 3.52. The highest BCUT2D eigenvalue weighted by atomic mass is 32.2. The minimum Gasteiger partial charge on any atom is -0.493 e. The minimum atomic E-state index is 0.0442. The number of fused-ring (bicyclic) bond motifs is 1. The van der Waals surface area contributed by atoms with Gasteiger partial charge in [-0.1, -0.05) is 22.7 Å². The largest absolute Gasteiger partial charge is 0.493 e. The van der Waals surface area contributed by atoms with Gasteiger partial charge in [-0.2, -0.15) is 0 Å². The van der Waals surface area contributed by atoms with Crippen LogP contribution >= 0.6 is 12.0 Å². The number of pyridine rings is 1. The molecule has 8 heteroatoms. The predicted octanol–water partition coefficient (Wildman–Crippen LogP) is 5.34. The van der Waals surface area contributed by atoms with Crippen LogP contribution < -0.4 is 9.47 Å². The molecule has 32 heavy (non-hydrogen) atoms. The zero-order valence-electron chi connectivity index (χ0n) is 17.9. The first kappa shape index (κ1) is 23.5. The van der Waals surface area contributed by atoms with Gasteiger partial charge in [0.2, 0.25) is 0 Å². The second-order valence-corrected chi connectivity index (χ2v) is 7.63. The van der Waals surface area contributed by atoms with E-state index in [0.717, 1.165) is 33.6 Å². The molecule has 4 rings (SSSR count). The number of hydrogen-bond acceptors (Lipinski definition) is 8. The molecule has 0 fully saturated rings. The fraction of sp³-hybridized carbons (Fsp3) is 0.167.